The molecule has 1 N–H and O–H groups in total. The van der Waals surface area contributed by atoms with E-state index in [2.05, 4.69) is 22.3 Å². The summed E-state index contributed by atoms with van der Waals surface area (Å²) in [6.07, 6.45) is 1.68. The van der Waals surface area contributed by atoms with Gasteiger partial charge < -0.3 is 15.0 Å². The minimum atomic E-state index is -0.737. The molecule has 0 radical (unpaired) electrons. The molecule has 1 aliphatic rings. The maximum absolute atomic E-state index is 13.7. The van der Waals surface area contributed by atoms with Gasteiger partial charge in [-0.05, 0) is 25.0 Å². The predicted molar refractivity (Wildman–Crippen MR) is 94.9 cm³/mol. The average Bonchev–Trinajstić information content (AvgIpc) is 2.64. The summed E-state index contributed by atoms with van der Waals surface area (Å²) in [6.45, 7) is 1.71. The first-order chi connectivity index (χ1) is 12.1. The van der Waals surface area contributed by atoms with Crippen molar-refractivity contribution in [3.8, 4) is 5.75 Å². The van der Waals surface area contributed by atoms with E-state index in [0.717, 1.165) is 32.0 Å². The highest BCUT2D eigenvalue weighted by atomic mass is 19.1. The van der Waals surface area contributed by atoms with Gasteiger partial charge in [-0.2, -0.15) is 0 Å². The number of halogens is 1. The van der Waals surface area contributed by atoms with Gasteiger partial charge in [0.1, 0.15) is 5.69 Å². The second kappa shape index (κ2) is 7.38. The molecule has 1 fully saturated rings. The number of ether oxygens (including phenoxy) is 1. The minimum Gasteiger partial charge on any atom is -0.494 e. The molecule has 0 spiro atoms. The van der Waals surface area contributed by atoms with Crippen LogP contribution in [0.15, 0.2) is 42.5 Å². The maximum atomic E-state index is 13.7. The zero-order chi connectivity index (χ0) is 17.8. The summed E-state index contributed by atoms with van der Waals surface area (Å²) < 4.78 is 18.7. The highest BCUT2D eigenvalue weighted by molar-refractivity contribution is 5.65. The van der Waals surface area contributed by atoms with Gasteiger partial charge in [-0.25, -0.2) is 4.39 Å². The van der Waals surface area contributed by atoms with Gasteiger partial charge in [0.25, 0.3) is 5.69 Å². The van der Waals surface area contributed by atoms with Crippen LogP contribution >= 0.6 is 0 Å². The normalized spacial score (nSPS) is 15.0. The van der Waals surface area contributed by atoms with Gasteiger partial charge in [-0.15, -0.1) is 0 Å². The van der Waals surface area contributed by atoms with Crippen LogP contribution in [0.3, 0.4) is 0 Å². The monoisotopic (exact) mass is 345 g/mol. The smallest absolute Gasteiger partial charge is 0.295 e. The molecule has 1 heterocycles. The van der Waals surface area contributed by atoms with E-state index in [-0.39, 0.29) is 17.5 Å². The Kier molecular flexibility index (Phi) is 5.02. The summed E-state index contributed by atoms with van der Waals surface area (Å²) in [6, 6.07) is 12.5. The Bertz CT molecular complexity index is 747. The molecule has 25 heavy (non-hydrogen) atoms. The van der Waals surface area contributed by atoms with E-state index in [1.54, 1.807) is 0 Å². The number of hydrogen-bond donors (Lipinski definition) is 1. The van der Waals surface area contributed by atoms with Crippen molar-refractivity contribution in [1.29, 1.82) is 0 Å². The van der Waals surface area contributed by atoms with Gasteiger partial charge in [-0.3, -0.25) is 10.1 Å². The van der Waals surface area contributed by atoms with Crippen molar-refractivity contribution >= 4 is 17.1 Å². The fraction of sp³-hybridized carbons (Fsp3) is 0.333. The molecule has 0 amide bonds. The van der Waals surface area contributed by atoms with Gasteiger partial charge in [0.05, 0.1) is 18.1 Å². The average molecular weight is 345 g/mol. The van der Waals surface area contributed by atoms with Crippen LogP contribution in [0.25, 0.3) is 0 Å². The first-order valence-electron chi connectivity index (χ1n) is 8.17. The van der Waals surface area contributed by atoms with E-state index >= 15 is 0 Å². The quantitative estimate of drug-likeness (QED) is 0.659. The highest BCUT2D eigenvalue weighted by Crippen LogP contribution is 2.33. The Morgan fingerprint density at radius 2 is 1.92 bits per heavy atom. The maximum Gasteiger partial charge on any atom is 0.295 e. The molecule has 7 heteroatoms. The lowest BCUT2D eigenvalue weighted by molar-refractivity contribution is -0.384. The van der Waals surface area contributed by atoms with Gasteiger partial charge in [-0.1, -0.05) is 18.2 Å². The lowest BCUT2D eigenvalue weighted by Crippen LogP contribution is -2.39. The molecule has 0 atom stereocenters. The predicted octanol–water partition coefficient (Wildman–Crippen LogP) is 3.82. The Morgan fingerprint density at radius 3 is 2.52 bits per heavy atom. The van der Waals surface area contributed by atoms with Crippen molar-refractivity contribution in [2.75, 3.05) is 30.4 Å². The second-order valence-corrected chi connectivity index (χ2v) is 6.00. The van der Waals surface area contributed by atoms with Crippen LogP contribution in [0.4, 0.5) is 21.5 Å². The second-order valence-electron chi connectivity index (χ2n) is 6.00. The van der Waals surface area contributed by atoms with Crippen molar-refractivity contribution in [1.82, 2.24) is 0 Å². The summed E-state index contributed by atoms with van der Waals surface area (Å²) in [4.78, 5) is 12.9. The number of nitrogens with one attached hydrogen (secondary N) is 1. The Balaban J connectivity index is 1.70. The molecule has 0 aromatic heterocycles. The van der Waals surface area contributed by atoms with Crippen LogP contribution in [-0.4, -0.2) is 31.2 Å². The van der Waals surface area contributed by atoms with Crippen molar-refractivity contribution in [3.63, 3.8) is 0 Å². The minimum absolute atomic E-state index is 0.00479. The number of piperidine rings is 1. The van der Waals surface area contributed by atoms with E-state index in [1.165, 1.54) is 18.9 Å². The number of rotatable bonds is 5. The fourth-order valence-corrected chi connectivity index (χ4v) is 3.11. The third-order valence-electron chi connectivity index (χ3n) is 4.44. The summed E-state index contributed by atoms with van der Waals surface area (Å²) >= 11 is 0. The van der Waals surface area contributed by atoms with Crippen LogP contribution in [0, 0.1) is 15.9 Å². The van der Waals surface area contributed by atoms with Crippen LogP contribution in [0.5, 0.6) is 5.75 Å². The van der Waals surface area contributed by atoms with Crippen LogP contribution < -0.4 is 15.0 Å². The number of nitro groups is 1. The summed E-state index contributed by atoms with van der Waals surface area (Å²) in [5.41, 5.74) is 1.19. The third kappa shape index (κ3) is 3.81. The number of methoxy groups -OCH3 is 1. The molecule has 132 valence electrons. The molecule has 0 saturated carbocycles. The lowest BCUT2D eigenvalue weighted by Gasteiger charge is -2.34. The zero-order valence-electron chi connectivity index (χ0n) is 13.9. The van der Waals surface area contributed by atoms with Crippen molar-refractivity contribution in [2.45, 2.75) is 18.9 Å². The first-order valence-corrected chi connectivity index (χ1v) is 8.17. The zero-order valence-corrected chi connectivity index (χ0v) is 13.9. The number of benzene rings is 2. The SMILES string of the molecule is COc1cc(NC2CCN(c3ccccc3)CC2)c([N+](=O)[O-])cc1F. The number of nitrogens with zero attached hydrogens (tertiary/aromatic N) is 2. The molecule has 0 bridgehead atoms. The van der Waals surface area contributed by atoms with Gasteiger partial charge in [0.2, 0.25) is 0 Å². The first kappa shape index (κ1) is 17.0. The third-order valence-corrected chi connectivity index (χ3v) is 4.44. The number of anilines is 2. The fourth-order valence-electron chi connectivity index (χ4n) is 3.11. The summed E-state index contributed by atoms with van der Waals surface area (Å²) in [5, 5.41) is 14.4. The van der Waals surface area contributed by atoms with Crippen molar-refractivity contribution in [3.05, 3.63) is 58.4 Å². The molecule has 2 aromatic carbocycles. The van der Waals surface area contributed by atoms with Crippen LogP contribution in [0.1, 0.15) is 12.8 Å². The Morgan fingerprint density at radius 1 is 1.24 bits per heavy atom. The van der Waals surface area contributed by atoms with E-state index in [1.807, 2.05) is 18.2 Å². The number of hydrogen-bond acceptors (Lipinski definition) is 5. The van der Waals surface area contributed by atoms with E-state index in [9.17, 15) is 14.5 Å². The number of nitro benzene ring substituents is 1. The van der Waals surface area contributed by atoms with E-state index in [0.29, 0.717) is 5.69 Å². The Labute approximate surface area is 145 Å². The largest absolute Gasteiger partial charge is 0.494 e. The van der Waals surface area contributed by atoms with Crippen LogP contribution in [-0.2, 0) is 0 Å². The van der Waals surface area contributed by atoms with Crippen molar-refractivity contribution < 1.29 is 14.1 Å². The molecule has 0 aliphatic carbocycles. The van der Waals surface area contributed by atoms with Gasteiger partial charge in [0, 0.05) is 30.9 Å². The molecule has 1 saturated heterocycles. The van der Waals surface area contributed by atoms with Crippen molar-refractivity contribution in [2.24, 2.45) is 0 Å². The summed E-state index contributed by atoms with van der Waals surface area (Å²) in [7, 11) is 1.34. The molecular weight excluding hydrogens is 325 g/mol. The highest BCUT2D eigenvalue weighted by Gasteiger charge is 2.24. The van der Waals surface area contributed by atoms with E-state index in [4.69, 9.17) is 4.74 Å². The summed E-state index contributed by atoms with van der Waals surface area (Å²) in [5.74, 6) is -0.742. The molecule has 0 unspecified atom stereocenters. The molecule has 6 nitrogen and oxygen atoms in total. The topological polar surface area (TPSA) is 67.6 Å². The Hall–Kier alpha value is -2.83. The van der Waals surface area contributed by atoms with Gasteiger partial charge in [0.15, 0.2) is 11.6 Å². The molecule has 3 rings (SSSR count). The van der Waals surface area contributed by atoms with E-state index < -0.39 is 10.7 Å². The number of para-hydroxylation sites is 1. The molecule has 1 aliphatic heterocycles. The molecule has 2 aromatic rings. The van der Waals surface area contributed by atoms with Gasteiger partial charge >= 0.3 is 0 Å². The molecular formula is C18H20FN3O3. The standard InChI is InChI=1S/C18H20FN3O3/c1-25-18-12-16(17(22(23)24)11-15(18)19)20-13-7-9-21(10-8-13)14-5-3-2-4-6-14/h2-6,11-13,20H,7-10H2,1H3. The van der Waals surface area contributed by atoms with Crippen LogP contribution in [0.2, 0.25) is 0 Å². The lowest BCUT2D eigenvalue weighted by atomic mass is 10.0.